The van der Waals surface area contributed by atoms with Gasteiger partial charge in [0.15, 0.2) is 0 Å². The SMILES string of the molecule is [Cu+2].[O-]/N=C/c1ccc[oH+]1.[O-]/N=C/c1ccc[oH+]1. The van der Waals surface area contributed by atoms with E-state index in [4.69, 9.17) is 0 Å². The van der Waals surface area contributed by atoms with E-state index in [1.54, 1.807) is 36.8 Å². The van der Waals surface area contributed by atoms with E-state index < -0.39 is 0 Å². The molecule has 2 aromatic rings. The Morgan fingerprint density at radius 3 is 1.53 bits per heavy atom. The molecule has 0 aliphatic heterocycles. The number of nitrogens with zero attached hydrogens (tertiary/aromatic N) is 2. The smallest absolute Gasteiger partial charge is 0.792 e. The maximum atomic E-state index is 9.53. The predicted octanol–water partition coefficient (Wildman–Crippen LogP) is 2.62. The first kappa shape index (κ1) is 15.0. The van der Waals surface area contributed by atoms with Crippen molar-refractivity contribution in [1.82, 2.24) is 0 Å². The maximum absolute atomic E-state index is 9.53. The number of hydrogen-bond donors (Lipinski definition) is 0. The number of furan rings is 2. The van der Waals surface area contributed by atoms with Crippen molar-refractivity contribution in [2.75, 3.05) is 0 Å². The van der Waals surface area contributed by atoms with Crippen molar-refractivity contribution in [3.8, 4) is 0 Å². The molecule has 2 aromatic heterocycles. The van der Waals surface area contributed by atoms with Crippen molar-refractivity contribution < 1.29 is 25.9 Å². The van der Waals surface area contributed by atoms with Crippen molar-refractivity contribution in [3.63, 3.8) is 0 Å². The molecule has 1 radical (unpaired) electrons. The fourth-order valence-corrected chi connectivity index (χ4v) is 0.888. The molecule has 0 amide bonds. The summed E-state index contributed by atoms with van der Waals surface area (Å²) in [6.07, 6.45) is 5.55. The molecular weight excluding hydrogens is 276 g/mol. The average Bonchev–Trinajstić information content (AvgIpc) is 2.92. The van der Waals surface area contributed by atoms with Gasteiger partial charge in [0.25, 0.3) is 11.5 Å². The second-order valence-corrected chi connectivity index (χ2v) is 2.59. The van der Waals surface area contributed by atoms with Crippen LogP contribution in [0, 0.1) is 10.4 Å². The quantitative estimate of drug-likeness (QED) is 0.367. The van der Waals surface area contributed by atoms with Gasteiger partial charge in [-0.1, -0.05) is 0 Å². The number of hydrogen-bond acceptors (Lipinski definition) is 4. The molecule has 0 bridgehead atoms. The van der Waals surface area contributed by atoms with Gasteiger partial charge in [-0.15, -0.1) is 0 Å². The molecule has 2 N–H and O–H groups in total. The molecule has 0 saturated heterocycles. The van der Waals surface area contributed by atoms with Crippen LogP contribution in [0.5, 0.6) is 0 Å². The second kappa shape index (κ2) is 9.26. The van der Waals surface area contributed by atoms with Crippen LogP contribution in [-0.4, -0.2) is 12.4 Å². The Morgan fingerprint density at radius 2 is 1.29 bits per heavy atom. The minimum atomic E-state index is 0. The van der Waals surface area contributed by atoms with Crippen molar-refractivity contribution in [2.45, 2.75) is 0 Å². The summed E-state index contributed by atoms with van der Waals surface area (Å²) in [4.78, 5) is 0. The zero-order valence-corrected chi connectivity index (χ0v) is 9.47. The van der Waals surface area contributed by atoms with Crippen molar-refractivity contribution in [3.05, 3.63) is 58.7 Å². The maximum Gasteiger partial charge on any atom is 2.00 e. The van der Waals surface area contributed by atoms with Crippen LogP contribution in [0.15, 0.2) is 55.9 Å². The summed E-state index contributed by atoms with van der Waals surface area (Å²) in [5, 5.41) is 24.1. The molecule has 2 heterocycles. The van der Waals surface area contributed by atoms with Gasteiger partial charge in [-0.05, 0) is 0 Å². The summed E-state index contributed by atoms with van der Waals surface area (Å²) in [7, 11) is 0. The molecule has 0 aliphatic carbocycles. The third kappa shape index (κ3) is 6.24. The summed E-state index contributed by atoms with van der Waals surface area (Å²) in [5.41, 5.74) is 0. The molecular formula is C10H10CuN2O4+2. The van der Waals surface area contributed by atoms with E-state index in [0.717, 1.165) is 0 Å². The fraction of sp³-hybridized carbons (Fsp3) is 0. The molecule has 2 rings (SSSR count). The Bertz CT molecular complexity index is 381. The van der Waals surface area contributed by atoms with Crippen LogP contribution < -0.4 is 0 Å². The Kier molecular flexibility index (Phi) is 8.18. The summed E-state index contributed by atoms with van der Waals surface area (Å²) in [6.45, 7) is 0. The first-order valence-electron chi connectivity index (χ1n) is 4.33. The first-order valence-corrected chi connectivity index (χ1v) is 4.33. The molecule has 0 aliphatic rings. The summed E-state index contributed by atoms with van der Waals surface area (Å²) in [6, 6.07) is 6.91. The van der Waals surface area contributed by atoms with Crippen LogP contribution in [0.1, 0.15) is 11.5 Å². The van der Waals surface area contributed by atoms with Crippen molar-refractivity contribution in [2.24, 2.45) is 10.3 Å². The Balaban J connectivity index is 0.000000284. The van der Waals surface area contributed by atoms with Crippen molar-refractivity contribution >= 4 is 12.4 Å². The van der Waals surface area contributed by atoms with Crippen LogP contribution in [0.25, 0.3) is 0 Å². The molecule has 0 fully saturated rings. The van der Waals surface area contributed by atoms with E-state index >= 15 is 0 Å². The van der Waals surface area contributed by atoms with E-state index in [1.165, 1.54) is 12.4 Å². The van der Waals surface area contributed by atoms with Gasteiger partial charge in [-0.25, -0.2) is 0 Å². The molecule has 93 valence electrons. The minimum absolute atomic E-state index is 0. The van der Waals surface area contributed by atoms with Gasteiger partial charge >= 0.3 is 17.1 Å². The van der Waals surface area contributed by atoms with Gasteiger partial charge in [0.1, 0.15) is 12.4 Å². The molecule has 0 spiro atoms. The summed E-state index contributed by atoms with van der Waals surface area (Å²) >= 11 is 0. The predicted molar refractivity (Wildman–Crippen MR) is 61.6 cm³/mol. The van der Waals surface area contributed by atoms with Crippen LogP contribution in [0.4, 0.5) is 0 Å². The van der Waals surface area contributed by atoms with Crippen LogP contribution >= 0.6 is 0 Å². The van der Waals surface area contributed by atoms with Gasteiger partial charge in [-0.3, -0.25) is 0 Å². The average molecular weight is 286 g/mol. The van der Waals surface area contributed by atoms with Gasteiger partial charge in [0.2, 0.25) is 12.5 Å². The third-order valence-electron chi connectivity index (χ3n) is 1.52. The van der Waals surface area contributed by atoms with E-state index in [1.807, 2.05) is 0 Å². The third-order valence-corrected chi connectivity index (χ3v) is 1.52. The topological polar surface area (TPSA) is 96.4 Å². The van der Waals surface area contributed by atoms with E-state index in [-0.39, 0.29) is 17.1 Å². The Labute approximate surface area is 108 Å². The second-order valence-electron chi connectivity index (χ2n) is 2.59. The minimum Gasteiger partial charge on any atom is -0.792 e. The molecule has 0 saturated carbocycles. The molecule has 6 nitrogen and oxygen atoms in total. The Hall–Kier alpha value is -1.98. The van der Waals surface area contributed by atoms with Crippen molar-refractivity contribution in [1.29, 1.82) is 0 Å². The molecule has 0 unspecified atom stereocenters. The molecule has 0 aromatic carbocycles. The fourth-order valence-electron chi connectivity index (χ4n) is 0.888. The van der Waals surface area contributed by atoms with Crippen LogP contribution in [0.2, 0.25) is 0 Å². The van der Waals surface area contributed by atoms with E-state index in [2.05, 4.69) is 19.1 Å². The summed E-state index contributed by atoms with van der Waals surface area (Å²) in [5.74, 6) is 1.22. The molecule has 0 atom stereocenters. The monoisotopic (exact) mass is 285 g/mol. The van der Waals surface area contributed by atoms with Crippen LogP contribution in [0.3, 0.4) is 0 Å². The standard InChI is InChI=1S/2C5H5NO2.Cu/c2*7-6-4-5-2-1-3-8-5;/h2*1-4,7H;/q;;+2/b2*6-4+;. The van der Waals surface area contributed by atoms with Gasteiger partial charge in [0, 0.05) is 24.3 Å². The van der Waals surface area contributed by atoms with Gasteiger partial charge < -0.3 is 29.6 Å². The van der Waals surface area contributed by atoms with E-state index in [0.29, 0.717) is 11.5 Å². The largest absolute Gasteiger partial charge is 2.00 e. The zero-order valence-electron chi connectivity index (χ0n) is 8.53. The zero-order chi connectivity index (χ0) is 11.6. The molecule has 17 heavy (non-hydrogen) atoms. The van der Waals surface area contributed by atoms with Gasteiger partial charge in [-0.2, -0.15) is 0 Å². The molecule has 7 heteroatoms. The Morgan fingerprint density at radius 1 is 0.882 bits per heavy atom. The first-order chi connectivity index (χ1) is 7.86. The van der Waals surface area contributed by atoms with Crippen LogP contribution in [-0.2, 0) is 17.1 Å². The van der Waals surface area contributed by atoms with Gasteiger partial charge in [0.05, 0.1) is 0 Å². The summed E-state index contributed by atoms with van der Waals surface area (Å²) < 4.78 is 7.51. The normalized spacial score (nSPS) is 9.88. The number of rotatable bonds is 2. The van der Waals surface area contributed by atoms with E-state index in [9.17, 15) is 10.4 Å².